The lowest BCUT2D eigenvalue weighted by molar-refractivity contribution is -0.121. The summed E-state index contributed by atoms with van der Waals surface area (Å²) >= 11 is 0. The molecule has 0 aliphatic carbocycles. The van der Waals surface area contributed by atoms with Crippen LogP contribution in [0.4, 0.5) is 0 Å². The minimum absolute atomic E-state index is 0.0108. The predicted octanol–water partition coefficient (Wildman–Crippen LogP) is 2.00. The van der Waals surface area contributed by atoms with E-state index in [2.05, 4.69) is 10.4 Å². The number of nitrogens with one attached hydrogen (secondary N) is 1. The second-order valence-electron chi connectivity index (χ2n) is 4.71. The Morgan fingerprint density at radius 1 is 1.36 bits per heavy atom. The third-order valence-corrected chi connectivity index (χ3v) is 3.14. The minimum atomic E-state index is -0.0108. The summed E-state index contributed by atoms with van der Waals surface area (Å²) in [6.45, 7) is 3.54. The van der Waals surface area contributed by atoms with E-state index in [1.807, 2.05) is 37.4 Å². The molecule has 2 rings (SSSR count). The van der Waals surface area contributed by atoms with Gasteiger partial charge in [0.1, 0.15) is 0 Å². The van der Waals surface area contributed by atoms with E-state index in [1.165, 1.54) is 0 Å². The maximum atomic E-state index is 11.8. The summed E-state index contributed by atoms with van der Waals surface area (Å²) in [6.07, 6.45) is 3.94. The maximum absolute atomic E-state index is 11.8. The van der Waals surface area contributed by atoms with E-state index in [-0.39, 0.29) is 5.91 Å². The number of nitrogens with zero attached hydrogens (tertiary/aromatic N) is 2. The van der Waals surface area contributed by atoms with E-state index >= 15 is 0 Å². The summed E-state index contributed by atoms with van der Waals surface area (Å²) in [5.74, 6) is 1.37. The zero-order valence-corrected chi connectivity index (χ0v) is 12.9. The van der Waals surface area contributed by atoms with E-state index in [0.29, 0.717) is 37.6 Å². The highest BCUT2D eigenvalue weighted by Gasteiger charge is 2.07. The summed E-state index contributed by atoms with van der Waals surface area (Å²) in [5.41, 5.74) is 0.966. The first-order chi connectivity index (χ1) is 10.7. The van der Waals surface area contributed by atoms with Crippen LogP contribution in [0.25, 0.3) is 0 Å². The first-order valence-electron chi connectivity index (χ1n) is 7.26. The van der Waals surface area contributed by atoms with Crippen molar-refractivity contribution in [1.29, 1.82) is 0 Å². The van der Waals surface area contributed by atoms with Crippen LogP contribution in [0, 0.1) is 0 Å². The predicted molar refractivity (Wildman–Crippen MR) is 82.9 cm³/mol. The summed E-state index contributed by atoms with van der Waals surface area (Å²) < 4.78 is 12.5. The van der Waals surface area contributed by atoms with Crippen molar-refractivity contribution in [1.82, 2.24) is 15.1 Å². The van der Waals surface area contributed by atoms with Gasteiger partial charge in [0, 0.05) is 31.9 Å². The number of hydrogen-bond donors (Lipinski definition) is 1. The van der Waals surface area contributed by atoms with Crippen LogP contribution in [0.5, 0.6) is 11.5 Å². The first-order valence-corrected chi connectivity index (χ1v) is 7.26. The van der Waals surface area contributed by atoms with Crippen LogP contribution in [-0.4, -0.2) is 29.4 Å². The fourth-order valence-corrected chi connectivity index (χ4v) is 2.03. The van der Waals surface area contributed by atoms with Crippen LogP contribution < -0.4 is 14.8 Å². The van der Waals surface area contributed by atoms with Gasteiger partial charge in [0.25, 0.3) is 0 Å². The second-order valence-corrected chi connectivity index (χ2v) is 4.71. The minimum Gasteiger partial charge on any atom is -0.493 e. The van der Waals surface area contributed by atoms with Crippen molar-refractivity contribution in [3.8, 4) is 11.5 Å². The third kappa shape index (κ3) is 4.51. The van der Waals surface area contributed by atoms with Gasteiger partial charge in [-0.15, -0.1) is 0 Å². The number of ether oxygens (including phenoxy) is 2. The van der Waals surface area contributed by atoms with Gasteiger partial charge < -0.3 is 14.8 Å². The lowest BCUT2D eigenvalue weighted by Gasteiger charge is -2.11. The lowest BCUT2D eigenvalue weighted by atomic mass is 10.2. The normalized spacial score (nSPS) is 10.3. The molecule has 118 valence electrons. The molecule has 0 fully saturated rings. The standard InChI is InChI=1S/C16H21N3O3/c1-3-22-14-6-5-13(11-15(14)21-2)12-17-16(20)7-10-19-9-4-8-18-19/h4-6,8-9,11H,3,7,10,12H2,1-2H3,(H,17,20). The highest BCUT2D eigenvalue weighted by atomic mass is 16.5. The molecule has 1 heterocycles. The zero-order valence-electron chi connectivity index (χ0n) is 12.9. The average Bonchev–Trinajstić information content (AvgIpc) is 3.05. The van der Waals surface area contributed by atoms with Crippen molar-refractivity contribution in [2.45, 2.75) is 26.4 Å². The fourth-order valence-electron chi connectivity index (χ4n) is 2.03. The molecule has 6 heteroatoms. The second kappa shape index (κ2) is 8.07. The summed E-state index contributed by atoms with van der Waals surface area (Å²) in [6, 6.07) is 7.48. The Balaban J connectivity index is 1.84. The Morgan fingerprint density at radius 3 is 2.91 bits per heavy atom. The highest BCUT2D eigenvalue weighted by Crippen LogP contribution is 2.27. The van der Waals surface area contributed by atoms with Gasteiger partial charge in [-0.05, 0) is 30.7 Å². The quantitative estimate of drug-likeness (QED) is 0.810. The number of aromatic nitrogens is 2. The molecule has 1 aromatic carbocycles. The number of benzene rings is 1. The molecule has 0 spiro atoms. The fraction of sp³-hybridized carbons (Fsp3) is 0.375. The van der Waals surface area contributed by atoms with E-state index in [0.717, 1.165) is 5.56 Å². The Hall–Kier alpha value is -2.50. The molecular formula is C16H21N3O3. The van der Waals surface area contributed by atoms with Crippen molar-refractivity contribution in [2.75, 3.05) is 13.7 Å². The Kier molecular flexibility index (Phi) is 5.82. The van der Waals surface area contributed by atoms with Crippen LogP contribution >= 0.6 is 0 Å². The van der Waals surface area contributed by atoms with Gasteiger partial charge in [-0.1, -0.05) is 6.07 Å². The van der Waals surface area contributed by atoms with E-state index in [9.17, 15) is 4.79 Å². The number of amides is 1. The third-order valence-electron chi connectivity index (χ3n) is 3.14. The molecule has 0 radical (unpaired) electrons. The molecule has 0 atom stereocenters. The number of methoxy groups -OCH3 is 1. The molecule has 6 nitrogen and oxygen atoms in total. The van der Waals surface area contributed by atoms with E-state index < -0.39 is 0 Å². The van der Waals surface area contributed by atoms with Gasteiger partial charge in [-0.25, -0.2) is 0 Å². The summed E-state index contributed by atoms with van der Waals surface area (Å²) in [4.78, 5) is 11.8. The molecule has 0 saturated carbocycles. The smallest absolute Gasteiger partial charge is 0.222 e. The van der Waals surface area contributed by atoms with Gasteiger partial charge in [0.05, 0.1) is 13.7 Å². The van der Waals surface area contributed by atoms with Gasteiger partial charge in [0.15, 0.2) is 11.5 Å². The molecule has 0 bridgehead atoms. The summed E-state index contributed by atoms with van der Waals surface area (Å²) in [5, 5.41) is 6.95. The van der Waals surface area contributed by atoms with Gasteiger partial charge in [-0.2, -0.15) is 5.10 Å². The largest absolute Gasteiger partial charge is 0.493 e. The maximum Gasteiger partial charge on any atom is 0.222 e. The molecule has 22 heavy (non-hydrogen) atoms. The number of aryl methyl sites for hydroxylation is 1. The Labute approximate surface area is 130 Å². The molecule has 0 aliphatic heterocycles. The van der Waals surface area contributed by atoms with E-state index in [4.69, 9.17) is 9.47 Å². The Bertz CT molecular complexity index is 597. The molecule has 1 aromatic heterocycles. The number of rotatable bonds is 8. The molecular weight excluding hydrogens is 282 g/mol. The highest BCUT2D eigenvalue weighted by molar-refractivity contribution is 5.75. The van der Waals surface area contributed by atoms with Crippen LogP contribution in [-0.2, 0) is 17.9 Å². The van der Waals surface area contributed by atoms with Crippen LogP contribution in [0.2, 0.25) is 0 Å². The van der Waals surface area contributed by atoms with Gasteiger partial charge in [0.2, 0.25) is 5.91 Å². The SMILES string of the molecule is CCOc1ccc(CNC(=O)CCn2cccn2)cc1OC. The molecule has 0 aliphatic rings. The number of carbonyl (C=O) groups is 1. The van der Waals surface area contributed by atoms with Crippen LogP contribution in [0.1, 0.15) is 18.9 Å². The molecule has 0 saturated heterocycles. The number of hydrogen-bond acceptors (Lipinski definition) is 4. The summed E-state index contributed by atoms with van der Waals surface area (Å²) in [7, 11) is 1.60. The van der Waals surface area contributed by atoms with Crippen molar-refractivity contribution in [3.63, 3.8) is 0 Å². The topological polar surface area (TPSA) is 65.4 Å². The Morgan fingerprint density at radius 2 is 2.23 bits per heavy atom. The van der Waals surface area contributed by atoms with Crippen molar-refractivity contribution in [2.24, 2.45) is 0 Å². The van der Waals surface area contributed by atoms with Crippen molar-refractivity contribution in [3.05, 3.63) is 42.2 Å². The molecule has 0 unspecified atom stereocenters. The molecule has 1 amide bonds. The van der Waals surface area contributed by atoms with E-state index in [1.54, 1.807) is 18.0 Å². The van der Waals surface area contributed by atoms with Crippen molar-refractivity contribution >= 4 is 5.91 Å². The van der Waals surface area contributed by atoms with Gasteiger partial charge >= 0.3 is 0 Å². The van der Waals surface area contributed by atoms with Gasteiger partial charge in [-0.3, -0.25) is 9.48 Å². The lowest BCUT2D eigenvalue weighted by Crippen LogP contribution is -2.24. The van der Waals surface area contributed by atoms with Crippen molar-refractivity contribution < 1.29 is 14.3 Å². The number of carbonyl (C=O) groups excluding carboxylic acids is 1. The molecule has 1 N–H and O–H groups in total. The first kappa shape index (κ1) is 15.9. The zero-order chi connectivity index (χ0) is 15.8. The van der Waals surface area contributed by atoms with Crippen LogP contribution in [0.3, 0.4) is 0 Å². The monoisotopic (exact) mass is 303 g/mol. The average molecular weight is 303 g/mol. The van der Waals surface area contributed by atoms with Crippen LogP contribution in [0.15, 0.2) is 36.7 Å². The molecule has 2 aromatic rings.